The topological polar surface area (TPSA) is 67.6 Å². The largest absolute Gasteiger partial charge is 0.398 e. The maximum atomic E-state index is 13.4. The van der Waals surface area contributed by atoms with Crippen molar-refractivity contribution in [2.75, 3.05) is 5.73 Å². The Morgan fingerprint density at radius 1 is 1.24 bits per heavy atom. The summed E-state index contributed by atoms with van der Waals surface area (Å²) >= 11 is 0. The van der Waals surface area contributed by atoms with Crippen LogP contribution in [0, 0.1) is 17.1 Å². The molecule has 0 saturated carbocycles. The predicted molar refractivity (Wildman–Crippen MR) is 79.0 cm³/mol. The number of imidazole rings is 1. The molecule has 0 fully saturated rings. The number of nitriles is 1. The molecule has 0 spiro atoms. The summed E-state index contributed by atoms with van der Waals surface area (Å²) in [5.74, 6) is 0.327. The zero-order chi connectivity index (χ0) is 14.8. The molecule has 0 radical (unpaired) electrons. The summed E-state index contributed by atoms with van der Waals surface area (Å²) < 4.78 is 15.3. The number of nitrogens with two attached hydrogens (primary N) is 1. The first-order valence-corrected chi connectivity index (χ1v) is 6.54. The van der Waals surface area contributed by atoms with Crippen LogP contribution in [0.25, 0.3) is 11.0 Å². The third-order valence-electron chi connectivity index (χ3n) is 3.40. The molecule has 0 aliphatic rings. The van der Waals surface area contributed by atoms with Crippen LogP contribution in [0.15, 0.2) is 42.5 Å². The first-order chi connectivity index (χ1) is 10.2. The quantitative estimate of drug-likeness (QED) is 0.750. The lowest BCUT2D eigenvalue weighted by atomic mass is 10.1. The second-order valence-electron chi connectivity index (χ2n) is 4.78. The van der Waals surface area contributed by atoms with Crippen molar-refractivity contribution in [3.63, 3.8) is 0 Å². The molecule has 5 heteroatoms. The molecule has 0 amide bonds. The lowest BCUT2D eigenvalue weighted by molar-refractivity contribution is 0.623. The van der Waals surface area contributed by atoms with Crippen LogP contribution in [-0.2, 0) is 13.0 Å². The van der Waals surface area contributed by atoms with Crippen molar-refractivity contribution in [3.05, 3.63) is 59.7 Å². The van der Waals surface area contributed by atoms with E-state index in [1.165, 1.54) is 12.1 Å². The minimum Gasteiger partial charge on any atom is -0.398 e. The van der Waals surface area contributed by atoms with Gasteiger partial charge in [-0.2, -0.15) is 5.26 Å². The average Bonchev–Trinajstić information content (AvgIpc) is 2.81. The number of aromatic nitrogens is 2. The fourth-order valence-corrected chi connectivity index (χ4v) is 2.39. The van der Waals surface area contributed by atoms with Crippen LogP contribution in [0.3, 0.4) is 0 Å². The van der Waals surface area contributed by atoms with Gasteiger partial charge in [-0.1, -0.05) is 12.1 Å². The van der Waals surface area contributed by atoms with Gasteiger partial charge >= 0.3 is 0 Å². The van der Waals surface area contributed by atoms with E-state index in [0.717, 1.165) is 11.0 Å². The van der Waals surface area contributed by atoms with Gasteiger partial charge in [-0.05, 0) is 35.9 Å². The van der Waals surface area contributed by atoms with Crippen LogP contribution >= 0.6 is 0 Å². The number of nitrogens with zero attached hydrogens (tertiary/aromatic N) is 3. The molecule has 0 atom stereocenters. The van der Waals surface area contributed by atoms with Gasteiger partial charge < -0.3 is 10.3 Å². The smallest absolute Gasteiger partial charge is 0.124 e. The monoisotopic (exact) mass is 280 g/mol. The number of halogens is 1. The first-order valence-electron chi connectivity index (χ1n) is 6.54. The summed E-state index contributed by atoms with van der Waals surface area (Å²) in [5.41, 5.74) is 8.84. The van der Waals surface area contributed by atoms with Gasteiger partial charge in [-0.15, -0.1) is 0 Å². The molecule has 0 unspecified atom stereocenters. The number of hydrogen-bond acceptors (Lipinski definition) is 3. The molecule has 4 nitrogen and oxygen atoms in total. The first kappa shape index (κ1) is 13.1. The summed E-state index contributed by atoms with van der Waals surface area (Å²) in [6, 6.07) is 14.0. The summed E-state index contributed by atoms with van der Waals surface area (Å²) in [7, 11) is 0. The van der Waals surface area contributed by atoms with Crippen molar-refractivity contribution in [3.8, 4) is 6.07 Å². The van der Waals surface area contributed by atoms with E-state index < -0.39 is 0 Å². The summed E-state index contributed by atoms with van der Waals surface area (Å²) in [5, 5.41) is 8.95. The third-order valence-corrected chi connectivity index (χ3v) is 3.40. The number of fused-ring (bicyclic) bond motifs is 1. The number of rotatable bonds is 3. The standard InChI is InChI=1S/C16H13FN4/c17-12-5-6-13(19)11(9-12)10-21-15-4-2-1-3-14(15)20-16(21)7-8-18/h1-6,9H,7,10,19H2. The van der Waals surface area contributed by atoms with Crippen LogP contribution in [0.2, 0.25) is 0 Å². The van der Waals surface area contributed by atoms with Gasteiger partial charge in [0, 0.05) is 5.69 Å². The summed E-state index contributed by atoms with van der Waals surface area (Å²) in [4.78, 5) is 4.46. The Hall–Kier alpha value is -2.87. The number of hydrogen-bond donors (Lipinski definition) is 1. The third kappa shape index (κ3) is 2.43. The van der Waals surface area contributed by atoms with Crippen LogP contribution < -0.4 is 5.73 Å². The highest BCUT2D eigenvalue weighted by molar-refractivity contribution is 5.76. The molecule has 3 rings (SSSR count). The molecule has 2 N–H and O–H groups in total. The Morgan fingerprint density at radius 2 is 2.05 bits per heavy atom. The Morgan fingerprint density at radius 3 is 2.86 bits per heavy atom. The molecule has 1 aromatic heterocycles. The Bertz CT molecular complexity index is 845. The van der Waals surface area contributed by atoms with Gasteiger partial charge in [0.1, 0.15) is 11.6 Å². The van der Waals surface area contributed by atoms with E-state index in [4.69, 9.17) is 11.0 Å². The molecule has 21 heavy (non-hydrogen) atoms. The minimum atomic E-state index is -0.328. The molecule has 1 heterocycles. The fourth-order valence-electron chi connectivity index (χ4n) is 2.39. The number of anilines is 1. The minimum absolute atomic E-state index is 0.198. The SMILES string of the molecule is N#CCc1nc2ccccc2n1Cc1cc(F)ccc1N. The maximum Gasteiger partial charge on any atom is 0.124 e. The summed E-state index contributed by atoms with van der Waals surface area (Å²) in [6.07, 6.45) is 0.198. The lowest BCUT2D eigenvalue weighted by Crippen LogP contribution is -2.07. The molecule has 0 bridgehead atoms. The van der Waals surface area contributed by atoms with E-state index in [1.807, 2.05) is 28.8 Å². The van der Waals surface area contributed by atoms with E-state index in [0.29, 0.717) is 23.6 Å². The molecular formula is C16H13FN4. The number of benzene rings is 2. The second kappa shape index (κ2) is 5.25. The highest BCUT2D eigenvalue weighted by atomic mass is 19.1. The van der Waals surface area contributed by atoms with Gasteiger partial charge in [-0.25, -0.2) is 9.37 Å². The van der Waals surface area contributed by atoms with Crippen molar-refractivity contribution in [2.45, 2.75) is 13.0 Å². The molecule has 3 aromatic rings. The van der Waals surface area contributed by atoms with E-state index in [2.05, 4.69) is 11.1 Å². The van der Waals surface area contributed by atoms with E-state index in [1.54, 1.807) is 6.07 Å². The van der Waals surface area contributed by atoms with Crippen molar-refractivity contribution in [1.29, 1.82) is 5.26 Å². The van der Waals surface area contributed by atoms with Crippen LogP contribution in [0.1, 0.15) is 11.4 Å². The molecular weight excluding hydrogens is 267 g/mol. The lowest BCUT2D eigenvalue weighted by Gasteiger charge is -2.10. The van der Waals surface area contributed by atoms with Gasteiger partial charge in [0.25, 0.3) is 0 Å². The van der Waals surface area contributed by atoms with Crippen LogP contribution in [-0.4, -0.2) is 9.55 Å². The van der Waals surface area contributed by atoms with E-state index in [9.17, 15) is 4.39 Å². The van der Waals surface area contributed by atoms with Crippen LogP contribution in [0.4, 0.5) is 10.1 Å². The number of para-hydroxylation sites is 2. The fraction of sp³-hybridized carbons (Fsp3) is 0.125. The Balaban J connectivity index is 2.12. The summed E-state index contributed by atoms with van der Waals surface area (Å²) in [6.45, 7) is 0.390. The number of nitrogen functional groups attached to an aromatic ring is 1. The van der Waals surface area contributed by atoms with Crippen molar-refractivity contribution < 1.29 is 4.39 Å². The van der Waals surface area contributed by atoms with Gasteiger partial charge in [0.15, 0.2) is 0 Å². The van der Waals surface area contributed by atoms with Crippen molar-refractivity contribution in [1.82, 2.24) is 9.55 Å². The zero-order valence-electron chi connectivity index (χ0n) is 11.3. The Kier molecular flexibility index (Phi) is 3.28. The van der Waals surface area contributed by atoms with Gasteiger partial charge in [0.05, 0.1) is 30.1 Å². The van der Waals surface area contributed by atoms with Gasteiger partial charge in [-0.3, -0.25) is 0 Å². The van der Waals surface area contributed by atoms with Crippen molar-refractivity contribution in [2.24, 2.45) is 0 Å². The second-order valence-corrected chi connectivity index (χ2v) is 4.78. The molecule has 0 aliphatic heterocycles. The Labute approximate surface area is 121 Å². The van der Waals surface area contributed by atoms with E-state index in [-0.39, 0.29) is 12.2 Å². The van der Waals surface area contributed by atoms with Crippen molar-refractivity contribution >= 4 is 16.7 Å². The zero-order valence-corrected chi connectivity index (χ0v) is 11.3. The molecule has 104 valence electrons. The normalized spacial score (nSPS) is 10.7. The highest BCUT2D eigenvalue weighted by Crippen LogP contribution is 2.21. The molecule has 2 aromatic carbocycles. The highest BCUT2D eigenvalue weighted by Gasteiger charge is 2.12. The molecule has 0 aliphatic carbocycles. The molecule has 0 saturated heterocycles. The average molecular weight is 280 g/mol. The van der Waals surface area contributed by atoms with Gasteiger partial charge in [0.2, 0.25) is 0 Å². The van der Waals surface area contributed by atoms with E-state index >= 15 is 0 Å². The van der Waals surface area contributed by atoms with Crippen LogP contribution in [0.5, 0.6) is 0 Å². The maximum absolute atomic E-state index is 13.4. The predicted octanol–water partition coefficient (Wildman–Crippen LogP) is 2.87.